The summed E-state index contributed by atoms with van der Waals surface area (Å²) in [4.78, 5) is 13.1. The molecule has 0 amide bonds. The number of esters is 1. The summed E-state index contributed by atoms with van der Waals surface area (Å²) in [6.45, 7) is 0.326. The van der Waals surface area contributed by atoms with Crippen LogP contribution in [-0.4, -0.2) is 10.5 Å². The summed E-state index contributed by atoms with van der Waals surface area (Å²) in [6, 6.07) is 6.01. The van der Waals surface area contributed by atoms with E-state index in [9.17, 15) is 4.79 Å². The summed E-state index contributed by atoms with van der Waals surface area (Å²) in [5.41, 5.74) is 6.92. The number of hydrogen-bond donors (Lipinski definition) is 1. The van der Waals surface area contributed by atoms with Crippen molar-refractivity contribution in [2.45, 2.75) is 25.5 Å². The molecule has 3 rings (SSSR count). The van der Waals surface area contributed by atoms with E-state index in [4.69, 9.17) is 10.5 Å². The molecule has 0 bridgehead atoms. The lowest BCUT2D eigenvalue weighted by atomic mass is 10.4. The van der Waals surface area contributed by atoms with Gasteiger partial charge in [0.05, 0.1) is 5.69 Å². The average Bonchev–Trinajstić information content (AvgIpc) is 2.92. The molecular weight excluding hydrogens is 248 g/mol. The van der Waals surface area contributed by atoms with Gasteiger partial charge >= 0.3 is 5.97 Å². The number of nitrogen functional groups attached to an aromatic ring is 1. The van der Waals surface area contributed by atoms with Gasteiger partial charge in [0, 0.05) is 17.1 Å². The Labute approximate surface area is 109 Å². The molecule has 2 heterocycles. The minimum absolute atomic E-state index is 0.299. The Kier molecular flexibility index (Phi) is 2.83. The van der Waals surface area contributed by atoms with Gasteiger partial charge in [0.25, 0.3) is 0 Å². The third-order valence-electron chi connectivity index (χ3n) is 2.94. The number of hydrogen-bond acceptors (Lipinski definition) is 4. The third-order valence-corrected chi connectivity index (χ3v) is 3.79. The molecule has 1 aliphatic rings. The van der Waals surface area contributed by atoms with E-state index in [1.807, 2.05) is 28.3 Å². The summed E-state index contributed by atoms with van der Waals surface area (Å²) < 4.78 is 7.24. The smallest absolute Gasteiger partial charge is 0.355 e. The zero-order valence-corrected chi connectivity index (χ0v) is 10.7. The van der Waals surface area contributed by atoms with Crippen LogP contribution in [0.1, 0.15) is 34.2 Å². The molecule has 2 N–H and O–H groups in total. The van der Waals surface area contributed by atoms with Gasteiger partial charge in [-0.2, -0.15) is 0 Å². The van der Waals surface area contributed by atoms with Crippen LogP contribution in [0.2, 0.25) is 0 Å². The van der Waals surface area contributed by atoms with Crippen LogP contribution in [-0.2, 0) is 11.3 Å². The zero-order valence-electron chi connectivity index (χ0n) is 9.83. The molecule has 94 valence electrons. The van der Waals surface area contributed by atoms with Gasteiger partial charge in [0.1, 0.15) is 12.3 Å². The number of carbonyl (C=O) groups excluding carboxylic acids is 1. The van der Waals surface area contributed by atoms with Crippen molar-refractivity contribution in [2.75, 3.05) is 5.73 Å². The van der Waals surface area contributed by atoms with Crippen LogP contribution < -0.4 is 5.73 Å². The van der Waals surface area contributed by atoms with Gasteiger partial charge in [-0.15, -0.1) is 11.3 Å². The maximum Gasteiger partial charge on any atom is 0.355 e. The van der Waals surface area contributed by atoms with Crippen molar-refractivity contribution in [3.63, 3.8) is 0 Å². The maximum absolute atomic E-state index is 12.0. The lowest BCUT2D eigenvalue weighted by Gasteiger charge is -2.07. The van der Waals surface area contributed by atoms with Gasteiger partial charge in [-0.1, -0.05) is 6.07 Å². The van der Waals surface area contributed by atoms with E-state index in [-0.39, 0.29) is 5.97 Å². The van der Waals surface area contributed by atoms with Crippen LogP contribution >= 0.6 is 11.3 Å². The Balaban J connectivity index is 1.71. The number of ether oxygens (including phenoxy) is 1. The highest BCUT2D eigenvalue weighted by Crippen LogP contribution is 2.37. The highest BCUT2D eigenvalue weighted by Gasteiger charge is 2.28. The minimum atomic E-state index is -0.299. The molecule has 0 saturated heterocycles. The van der Waals surface area contributed by atoms with Gasteiger partial charge in [0.15, 0.2) is 0 Å². The Morgan fingerprint density at radius 1 is 1.56 bits per heavy atom. The van der Waals surface area contributed by atoms with Crippen molar-refractivity contribution in [1.82, 2.24) is 4.57 Å². The normalized spacial score (nSPS) is 14.7. The molecule has 2 aromatic heterocycles. The van der Waals surface area contributed by atoms with Gasteiger partial charge in [0.2, 0.25) is 0 Å². The molecule has 2 aromatic rings. The van der Waals surface area contributed by atoms with Crippen LogP contribution in [0.3, 0.4) is 0 Å². The predicted octanol–water partition coefficient (Wildman–Crippen LogP) is 2.82. The van der Waals surface area contributed by atoms with Gasteiger partial charge in [-0.05, 0) is 30.4 Å². The fourth-order valence-electron chi connectivity index (χ4n) is 1.92. The quantitative estimate of drug-likeness (QED) is 0.862. The zero-order chi connectivity index (χ0) is 12.5. The monoisotopic (exact) mass is 262 g/mol. The Morgan fingerprint density at radius 2 is 2.39 bits per heavy atom. The first-order valence-corrected chi connectivity index (χ1v) is 6.79. The van der Waals surface area contributed by atoms with Crippen LogP contribution in [0, 0.1) is 0 Å². The number of thiophene rings is 1. The summed E-state index contributed by atoms with van der Waals surface area (Å²) in [6.07, 6.45) is 4.04. The fraction of sp³-hybridized carbons (Fsp3) is 0.308. The van der Waals surface area contributed by atoms with Crippen molar-refractivity contribution < 1.29 is 9.53 Å². The van der Waals surface area contributed by atoms with Crippen molar-refractivity contribution in [3.8, 4) is 0 Å². The fourth-order valence-corrected chi connectivity index (χ4v) is 2.54. The topological polar surface area (TPSA) is 57.3 Å². The summed E-state index contributed by atoms with van der Waals surface area (Å²) in [5.74, 6) is -0.299. The van der Waals surface area contributed by atoms with E-state index in [0.29, 0.717) is 24.0 Å². The van der Waals surface area contributed by atoms with E-state index in [1.165, 1.54) is 0 Å². The molecule has 1 saturated carbocycles. The van der Waals surface area contributed by atoms with Crippen molar-refractivity contribution in [3.05, 3.63) is 40.3 Å². The first-order valence-electron chi connectivity index (χ1n) is 5.91. The van der Waals surface area contributed by atoms with E-state index < -0.39 is 0 Å². The van der Waals surface area contributed by atoms with E-state index >= 15 is 0 Å². The van der Waals surface area contributed by atoms with Crippen molar-refractivity contribution in [2.24, 2.45) is 0 Å². The Hall–Kier alpha value is -1.75. The lowest BCUT2D eigenvalue weighted by Crippen LogP contribution is -2.10. The molecule has 0 radical (unpaired) electrons. The molecule has 0 atom stereocenters. The standard InChI is InChI=1S/C13H14N2O2S/c14-9-6-12(15(7-9)10-3-4-10)13(16)17-8-11-2-1-5-18-11/h1-2,5-7,10H,3-4,8,14H2. The second kappa shape index (κ2) is 4.49. The molecule has 0 aliphatic heterocycles. The summed E-state index contributed by atoms with van der Waals surface area (Å²) in [5, 5.41) is 1.97. The molecule has 1 aliphatic carbocycles. The highest BCUT2D eigenvalue weighted by atomic mass is 32.1. The van der Waals surface area contributed by atoms with Gasteiger partial charge in [-0.3, -0.25) is 0 Å². The second-order valence-electron chi connectivity index (χ2n) is 4.45. The first-order chi connectivity index (χ1) is 8.74. The highest BCUT2D eigenvalue weighted by molar-refractivity contribution is 7.09. The molecule has 5 heteroatoms. The molecule has 4 nitrogen and oxygen atoms in total. The summed E-state index contributed by atoms with van der Waals surface area (Å²) in [7, 11) is 0. The largest absolute Gasteiger partial charge is 0.455 e. The molecule has 0 aromatic carbocycles. The first kappa shape index (κ1) is 11.3. The average molecular weight is 262 g/mol. The van der Waals surface area contributed by atoms with Crippen LogP contribution in [0.25, 0.3) is 0 Å². The van der Waals surface area contributed by atoms with E-state index in [2.05, 4.69) is 0 Å². The molecule has 0 spiro atoms. The van der Waals surface area contributed by atoms with E-state index in [0.717, 1.165) is 17.7 Å². The van der Waals surface area contributed by atoms with E-state index in [1.54, 1.807) is 17.4 Å². The Morgan fingerprint density at radius 3 is 3.06 bits per heavy atom. The second-order valence-corrected chi connectivity index (χ2v) is 5.48. The van der Waals surface area contributed by atoms with Crippen molar-refractivity contribution in [1.29, 1.82) is 0 Å². The van der Waals surface area contributed by atoms with Crippen molar-refractivity contribution >= 4 is 23.0 Å². The molecular formula is C13H14N2O2S. The maximum atomic E-state index is 12.0. The number of anilines is 1. The number of carbonyl (C=O) groups is 1. The van der Waals surface area contributed by atoms with Crippen LogP contribution in [0.5, 0.6) is 0 Å². The van der Waals surface area contributed by atoms with Crippen LogP contribution in [0.4, 0.5) is 5.69 Å². The summed E-state index contributed by atoms with van der Waals surface area (Å²) >= 11 is 1.58. The molecule has 1 fully saturated rings. The Bertz CT molecular complexity index is 556. The molecule has 0 unspecified atom stereocenters. The molecule has 18 heavy (non-hydrogen) atoms. The number of nitrogens with two attached hydrogens (primary N) is 1. The lowest BCUT2D eigenvalue weighted by molar-refractivity contribution is 0.0464. The third kappa shape index (κ3) is 2.26. The number of nitrogens with zero attached hydrogens (tertiary/aromatic N) is 1. The number of rotatable bonds is 4. The SMILES string of the molecule is Nc1cc(C(=O)OCc2cccs2)n(C2CC2)c1. The predicted molar refractivity (Wildman–Crippen MR) is 70.6 cm³/mol. The minimum Gasteiger partial charge on any atom is -0.455 e. The van der Waals surface area contributed by atoms with Gasteiger partial charge in [-0.25, -0.2) is 4.79 Å². The van der Waals surface area contributed by atoms with Crippen LogP contribution in [0.15, 0.2) is 29.8 Å². The van der Waals surface area contributed by atoms with Gasteiger partial charge < -0.3 is 15.0 Å². The number of aromatic nitrogens is 1.